The van der Waals surface area contributed by atoms with Crippen molar-refractivity contribution in [3.63, 3.8) is 0 Å². The van der Waals surface area contributed by atoms with Gasteiger partial charge in [0.15, 0.2) is 5.79 Å². The molecule has 2 fully saturated rings. The number of ether oxygens (including phenoxy) is 3. The molecule has 0 bridgehead atoms. The second-order valence-electron chi connectivity index (χ2n) is 4.13. The Balaban J connectivity index is 1.80. The van der Waals surface area contributed by atoms with Crippen LogP contribution in [0.5, 0.6) is 0 Å². The zero-order valence-electron chi connectivity index (χ0n) is 8.03. The van der Waals surface area contributed by atoms with Crippen molar-refractivity contribution in [1.29, 1.82) is 0 Å². The number of hydrogen-bond donors (Lipinski definition) is 1. The van der Waals surface area contributed by atoms with Crippen molar-refractivity contribution in [1.82, 2.24) is 0 Å². The number of aliphatic hydroxyl groups is 1. The van der Waals surface area contributed by atoms with E-state index in [0.717, 1.165) is 6.61 Å². The summed E-state index contributed by atoms with van der Waals surface area (Å²) < 4.78 is 15.9. The summed E-state index contributed by atoms with van der Waals surface area (Å²) in [7, 11) is 0. The third-order valence-electron chi connectivity index (χ3n) is 2.37. The van der Waals surface area contributed by atoms with E-state index in [2.05, 4.69) is 0 Å². The van der Waals surface area contributed by atoms with Crippen LogP contribution >= 0.6 is 0 Å². The van der Waals surface area contributed by atoms with Crippen LogP contribution in [0.15, 0.2) is 0 Å². The van der Waals surface area contributed by atoms with Gasteiger partial charge in [0, 0.05) is 6.42 Å². The first kappa shape index (κ1) is 9.40. The fraction of sp³-hybridized carbons (Fsp3) is 1.00. The summed E-state index contributed by atoms with van der Waals surface area (Å²) in [6.07, 6.45) is 0.236. The minimum atomic E-state index is -0.546. The van der Waals surface area contributed by atoms with Gasteiger partial charge in [0.1, 0.15) is 6.10 Å². The molecule has 0 aromatic rings. The summed E-state index contributed by atoms with van der Waals surface area (Å²) in [5, 5.41) is 9.71. The molecule has 4 heteroatoms. The molecule has 0 amide bonds. The molecule has 13 heavy (non-hydrogen) atoms. The van der Waals surface area contributed by atoms with E-state index < -0.39 is 11.9 Å². The van der Waals surface area contributed by atoms with Crippen LogP contribution in [0.1, 0.15) is 20.3 Å². The van der Waals surface area contributed by atoms with Crippen LogP contribution < -0.4 is 0 Å². The van der Waals surface area contributed by atoms with Crippen molar-refractivity contribution < 1.29 is 19.3 Å². The highest BCUT2D eigenvalue weighted by atomic mass is 16.7. The Morgan fingerprint density at radius 3 is 2.62 bits per heavy atom. The molecule has 0 radical (unpaired) electrons. The number of epoxide rings is 1. The van der Waals surface area contributed by atoms with E-state index >= 15 is 0 Å². The lowest BCUT2D eigenvalue weighted by Crippen LogP contribution is -2.31. The first-order valence-electron chi connectivity index (χ1n) is 4.68. The van der Waals surface area contributed by atoms with Crippen molar-refractivity contribution >= 4 is 0 Å². The van der Waals surface area contributed by atoms with E-state index in [9.17, 15) is 5.11 Å². The molecule has 0 saturated carbocycles. The molecule has 2 saturated heterocycles. The largest absolute Gasteiger partial charge is 0.390 e. The van der Waals surface area contributed by atoms with E-state index in [0.29, 0.717) is 13.0 Å². The predicted molar refractivity (Wildman–Crippen MR) is 45.3 cm³/mol. The van der Waals surface area contributed by atoms with Gasteiger partial charge in [-0.3, -0.25) is 0 Å². The van der Waals surface area contributed by atoms with Crippen LogP contribution in [0.4, 0.5) is 0 Å². The molecule has 4 nitrogen and oxygen atoms in total. The molecule has 76 valence electrons. The summed E-state index contributed by atoms with van der Waals surface area (Å²) in [6, 6.07) is 0. The number of aliphatic hydroxyl groups excluding tert-OH is 1. The van der Waals surface area contributed by atoms with Gasteiger partial charge in [-0.05, 0) is 13.8 Å². The van der Waals surface area contributed by atoms with Crippen LogP contribution in [0.25, 0.3) is 0 Å². The van der Waals surface area contributed by atoms with E-state index in [1.165, 1.54) is 0 Å². The van der Waals surface area contributed by atoms with Crippen LogP contribution in [0.2, 0.25) is 0 Å². The number of rotatable bonds is 3. The average Bonchev–Trinajstić information content (AvgIpc) is 2.75. The Bertz CT molecular complexity index is 188. The van der Waals surface area contributed by atoms with Gasteiger partial charge in [0.2, 0.25) is 0 Å². The smallest absolute Gasteiger partial charge is 0.163 e. The molecule has 1 N–H and O–H groups in total. The zero-order chi connectivity index (χ0) is 9.47. The van der Waals surface area contributed by atoms with Crippen molar-refractivity contribution in [2.24, 2.45) is 0 Å². The molecule has 0 aromatic carbocycles. The van der Waals surface area contributed by atoms with Gasteiger partial charge in [0.25, 0.3) is 0 Å². The summed E-state index contributed by atoms with van der Waals surface area (Å²) in [5.41, 5.74) is 0. The second kappa shape index (κ2) is 3.20. The molecule has 2 heterocycles. The van der Waals surface area contributed by atoms with Gasteiger partial charge in [-0.1, -0.05) is 0 Å². The Morgan fingerprint density at radius 2 is 2.15 bits per heavy atom. The van der Waals surface area contributed by atoms with Crippen molar-refractivity contribution in [3.05, 3.63) is 0 Å². The SMILES string of the molecule is CC1(C)OC[C@H]([C@@H](O)C[C@H]2CO2)O1. The topological polar surface area (TPSA) is 51.2 Å². The summed E-state index contributed by atoms with van der Waals surface area (Å²) >= 11 is 0. The molecule has 2 rings (SSSR count). The Morgan fingerprint density at radius 1 is 1.46 bits per heavy atom. The van der Waals surface area contributed by atoms with Gasteiger partial charge < -0.3 is 19.3 Å². The standard InChI is InChI=1S/C9H16O4/c1-9(2)12-5-8(13-9)7(10)3-6-4-11-6/h6-8,10H,3-5H2,1-2H3/t6-,7-,8+/m0/s1. The molecule has 2 aliphatic rings. The van der Waals surface area contributed by atoms with Gasteiger partial charge in [-0.2, -0.15) is 0 Å². The Hall–Kier alpha value is -0.160. The summed E-state index contributed by atoms with van der Waals surface area (Å²) in [5.74, 6) is -0.546. The minimum absolute atomic E-state index is 0.195. The van der Waals surface area contributed by atoms with Crippen LogP contribution in [0.3, 0.4) is 0 Å². The maximum absolute atomic E-state index is 9.71. The Kier molecular flexibility index (Phi) is 2.32. The van der Waals surface area contributed by atoms with Crippen LogP contribution in [0, 0.1) is 0 Å². The maximum Gasteiger partial charge on any atom is 0.163 e. The lowest BCUT2D eigenvalue weighted by molar-refractivity contribution is -0.151. The molecular formula is C9H16O4. The third-order valence-corrected chi connectivity index (χ3v) is 2.37. The first-order chi connectivity index (χ1) is 6.07. The molecule has 0 unspecified atom stereocenters. The highest BCUT2D eigenvalue weighted by Crippen LogP contribution is 2.27. The lowest BCUT2D eigenvalue weighted by Gasteiger charge is -2.19. The monoisotopic (exact) mass is 188 g/mol. The quantitative estimate of drug-likeness (QED) is 0.647. The van der Waals surface area contributed by atoms with E-state index in [1.54, 1.807) is 0 Å². The lowest BCUT2D eigenvalue weighted by atomic mass is 10.1. The molecule has 2 aliphatic heterocycles. The van der Waals surface area contributed by atoms with E-state index in [4.69, 9.17) is 14.2 Å². The number of hydrogen-bond acceptors (Lipinski definition) is 4. The Labute approximate surface area is 77.8 Å². The fourth-order valence-corrected chi connectivity index (χ4v) is 1.53. The fourth-order valence-electron chi connectivity index (χ4n) is 1.53. The molecule has 0 aliphatic carbocycles. The molecule has 0 spiro atoms. The van der Waals surface area contributed by atoms with Crippen molar-refractivity contribution in [2.75, 3.05) is 13.2 Å². The van der Waals surface area contributed by atoms with Gasteiger partial charge in [-0.15, -0.1) is 0 Å². The summed E-state index contributed by atoms with van der Waals surface area (Å²) in [6.45, 7) is 4.95. The molecule has 3 atom stereocenters. The first-order valence-corrected chi connectivity index (χ1v) is 4.68. The zero-order valence-corrected chi connectivity index (χ0v) is 8.03. The van der Waals surface area contributed by atoms with Crippen LogP contribution in [-0.4, -0.2) is 42.4 Å². The molecule has 0 aromatic heterocycles. The summed E-state index contributed by atoms with van der Waals surface area (Å²) in [4.78, 5) is 0. The van der Waals surface area contributed by atoms with Gasteiger partial charge in [0.05, 0.1) is 25.4 Å². The highest BCUT2D eigenvalue weighted by Gasteiger charge is 2.39. The van der Waals surface area contributed by atoms with E-state index in [1.807, 2.05) is 13.8 Å². The maximum atomic E-state index is 9.71. The molecular weight excluding hydrogens is 172 g/mol. The van der Waals surface area contributed by atoms with E-state index in [-0.39, 0.29) is 12.2 Å². The normalized spacial score (nSPS) is 39.0. The van der Waals surface area contributed by atoms with Gasteiger partial charge in [-0.25, -0.2) is 0 Å². The third kappa shape index (κ3) is 2.40. The van der Waals surface area contributed by atoms with Gasteiger partial charge >= 0.3 is 0 Å². The van der Waals surface area contributed by atoms with Crippen molar-refractivity contribution in [3.8, 4) is 0 Å². The van der Waals surface area contributed by atoms with Crippen molar-refractivity contribution in [2.45, 2.75) is 44.4 Å². The predicted octanol–water partition coefficient (Wildman–Crippen LogP) is 0.288. The second-order valence-corrected chi connectivity index (χ2v) is 4.13. The minimum Gasteiger partial charge on any atom is -0.390 e. The highest BCUT2D eigenvalue weighted by molar-refractivity contribution is 4.82. The average molecular weight is 188 g/mol. The van der Waals surface area contributed by atoms with Crippen LogP contribution in [-0.2, 0) is 14.2 Å².